The highest BCUT2D eigenvalue weighted by Gasteiger charge is 2.38. The van der Waals surface area contributed by atoms with Crippen LogP contribution in [0, 0.1) is 0 Å². The summed E-state index contributed by atoms with van der Waals surface area (Å²) in [6.45, 7) is 3.96. The van der Waals surface area contributed by atoms with Crippen molar-refractivity contribution in [2.45, 2.75) is 57.2 Å². The molecule has 98 valence electrons. The van der Waals surface area contributed by atoms with Gasteiger partial charge in [0.05, 0.1) is 6.04 Å². The lowest BCUT2D eigenvalue weighted by Gasteiger charge is -2.43. The number of rotatable bonds is 4. The molecule has 2 unspecified atom stereocenters. The summed E-state index contributed by atoms with van der Waals surface area (Å²) in [4.78, 5) is 14.5. The maximum absolute atomic E-state index is 12.0. The molecule has 0 spiro atoms. The summed E-state index contributed by atoms with van der Waals surface area (Å²) < 4.78 is 0. The van der Waals surface area contributed by atoms with Gasteiger partial charge in [0.1, 0.15) is 0 Å². The molecule has 1 saturated heterocycles. The van der Waals surface area contributed by atoms with Gasteiger partial charge in [-0.25, -0.2) is 0 Å². The fourth-order valence-corrected chi connectivity index (χ4v) is 3.29. The molecule has 0 aromatic rings. The van der Waals surface area contributed by atoms with Crippen molar-refractivity contribution in [3.8, 4) is 0 Å². The van der Waals surface area contributed by atoms with Crippen molar-refractivity contribution in [2.75, 3.05) is 20.1 Å². The van der Waals surface area contributed by atoms with Crippen molar-refractivity contribution in [3.05, 3.63) is 0 Å². The third kappa shape index (κ3) is 2.80. The normalized spacial score (nSPS) is 31.8. The maximum Gasteiger partial charge on any atom is 0.237 e. The molecular formula is C13H25N3O. The molecule has 2 N–H and O–H groups in total. The SMILES string of the molecule is CNCCC1C(=O)NCC(C)N1C1CCCC1. The molecule has 0 aromatic heterocycles. The zero-order valence-electron chi connectivity index (χ0n) is 11.0. The minimum Gasteiger partial charge on any atom is -0.353 e. The number of hydrogen-bond donors (Lipinski definition) is 2. The third-order valence-electron chi connectivity index (χ3n) is 4.16. The molecule has 2 atom stereocenters. The molecule has 1 amide bonds. The van der Waals surface area contributed by atoms with Crippen LogP contribution in [0.15, 0.2) is 0 Å². The van der Waals surface area contributed by atoms with Gasteiger partial charge in [0.2, 0.25) is 5.91 Å². The van der Waals surface area contributed by atoms with Crippen molar-refractivity contribution >= 4 is 5.91 Å². The molecule has 1 aliphatic heterocycles. The van der Waals surface area contributed by atoms with E-state index in [4.69, 9.17) is 0 Å². The molecule has 1 aliphatic carbocycles. The first-order chi connectivity index (χ1) is 8.24. The van der Waals surface area contributed by atoms with Gasteiger partial charge in [0, 0.05) is 18.6 Å². The lowest BCUT2D eigenvalue weighted by molar-refractivity contribution is -0.132. The first-order valence-corrected chi connectivity index (χ1v) is 6.93. The molecule has 2 aliphatic rings. The highest BCUT2D eigenvalue weighted by atomic mass is 16.2. The average molecular weight is 239 g/mol. The van der Waals surface area contributed by atoms with Gasteiger partial charge in [-0.05, 0) is 39.8 Å². The lowest BCUT2D eigenvalue weighted by atomic mass is 10.0. The second-order valence-electron chi connectivity index (χ2n) is 5.39. The monoisotopic (exact) mass is 239 g/mol. The summed E-state index contributed by atoms with van der Waals surface area (Å²) in [5, 5.41) is 6.19. The fourth-order valence-electron chi connectivity index (χ4n) is 3.29. The second kappa shape index (κ2) is 5.83. The minimum atomic E-state index is 0.0781. The van der Waals surface area contributed by atoms with E-state index in [1.54, 1.807) is 0 Å². The van der Waals surface area contributed by atoms with Crippen molar-refractivity contribution in [2.24, 2.45) is 0 Å². The summed E-state index contributed by atoms with van der Waals surface area (Å²) in [5.74, 6) is 0.227. The predicted octanol–water partition coefficient (Wildman–Crippen LogP) is 0.727. The minimum absolute atomic E-state index is 0.0781. The van der Waals surface area contributed by atoms with Crippen LogP contribution in [0.3, 0.4) is 0 Å². The molecule has 0 radical (unpaired) electrons. The number of hydrogen-bond acceptors (Lipinski definition) is 3. The fraction of sp³-hybridized carbons (Fsp3) is 0.923. The molecule has 0 aromatic carbocycles. The summed E-state index contributed by atoms with van der Waals surface area (Å²) in [6, 6.07) is 1.20. The van der Waals surface area contributed by atoms with E-state index >= 15 is 0 Å². The predicted molar refractivity (Wildman–Crippen MR) is 68.9 cm³/mol. The zero-order valence-corrected chi connectivity index (χ0v) is 11.0. The Morgan fingerprint density at radius 1 is 1.41 bits per heavy atom. The number of nitrogens with one attached hydrogen (secondary N) is 2. The Bertz CT molecular complexity index is 263. The average Bonchev–Trinajstić information content (AvgIpc) is 2.83. The molecular weight excluding hydrogens is 214 g/mol. The Morgan fingerprint density at radius 2 is 2.12 bits per heavy atom. The van der Waals surface area contributed by atoms with E-state index in [9.17, 15) is 4.79 Å². The van der Waals surface area contributed by atoms with E-state index in [1.165, 1.54) is 25.7 Å². The van der Waals surface area contributed by atoms with Crippen LogP contribution in [-0.2, 0) is 4.79 Å². The summed E-state index contributed by atoms with van der Waals surface area (Å²) in [5.41, 5.74) is 0. The van der Waals surface area contributed by atoms with Gasteiger partial charge in [0.15, 0.2) is 0 Å². The number of piperazine rings is 1. The van der Waals surface area contributed by atoms with Crippen LogP contribution in [0.1, 0.15) is 39.0 Å². The molecule has 2 fully saturated rings. The largest absolute Gasteiger partial charge is 0.353 e. The Kier molecular flexibility index (Phi) is 4.40. The summed E-state index contributed by atoms with van der Waals surface area (Å²) in [6.07, 6.45) is 6.12. The molecule has 4 nitrogen and oxygen atoms in total. The van der Waals surface area contributed by atoms with Crippen LogP contribution in [-0.4, -0.2) is 49.1 Å². The van der Waals surface area contributed by atoms with E-state index in [1.807, 2.05) is 7.05 Å². The summed E-state index contributed by atoms with van der Waals surface area (Å²) >= 11 is 0. The number of carbonyl (C=O) groups excluding carboxylic acids is 1. The quantitative estimate of drug-likeness (QED) is 0.760. The van der Waals surface area contributed by atoms with E-state index in [-0.39, 0.29) is 11.9 Å². The van der Waals surface area contributed by atoms with Gasteiger partial charge < -0.3 is 10.6 Å². The van der Waals surface area contributed by atoms with E-state index < -0.39 is 0 Å². The second-order valence-corrected chi connectivity index (χ2v) is 5.39. The van der Waals surface area contributed by atoms with E-state index in [2.05, 4.69) is 22.5 Å². The van der Waals surface area contributed by atoms with Gasteiger partial charge >= 0.3 is 0 Å². The molecule has 1 heterocycles. The van der Waals surface area contributed by atoms with Gasteiger partial charge in [-0.3, -0.25) is 9.69 Å². The topological polar surface area (TPSA) is 44.4 Å². The van der Waals surface area contributed by atoms with Gasteiger partial charge in [-0.2, -0.15) is 0 Å². The van der Waals surface area contributed by atoms with Gasteiger partial charge in [0.25, 0.3) is 0 Å². The zero-order chi connectivity index (χ0) is 12.3. The van der Waals surface area contributed by atoms with Crippen LogP contribution in [0.4, 0.5) is 0 Å². The standard InChI is InChI=1S/C13H25N3O/c1-10-9-15-13(17)12(7-8-14-2)16(10)11-5-3-4-6-11/h10-12,14H,3-9H2,1-2H3,(H,15,17). The van der Waals surface area contributed by atoms with Crippen molar-refractivity contribution < 1.29 is 4.79 Å². The number of amides is 1. The highest BCUT2D eigenvalue weighted by Crippen LogP contribution is 2.29. The van der Waals surface area contributed by atoms with Crippen molar-refractivity contribution in [1.82, 2.24) is 15.5 Å². The Hall–Kier alpha value is -0.610. The van der Waals surface area contributed by atoms with Crippen LogP contribution in [0.25, 0.3) is 0 Å². The van der Waals surface area contributed by atoms with Crippen LogP contribution in [0.5, 0.6) is 0 Å². The molecule has 17 heavy (non-hydrogen) atoms. The molecule has 2 rings (SSSR count). The smallest absolute Gasteiger partial charge is 0.237 e. The van der Waals surface area contributed by atoms with Crippen LogP contribution >= 0.6 is 0 Å². The number of nitrogens with zero attached hydrogens (tertiary/aromatic N) is 1. The van der Waals surface area contributed by atoms with Gasteiger partial charge in [-0.1, -0.05) is 12.8 Å². The van der Waals surface area contributed by atoms with Crippen molar-refractivity contribution in [3.63, 3.8) is 0 Å². The summed E-state index contributed by atoms with van der Waals surface area (Å²) in [7, 11) is 1.95. The van der Waals surface area contributed by atoms with Crippen molar-refractivity contribution in [1.29, 1.82) is 0 Å². The molecule has 1 saturated carbocycles. The van der Waals surface area contributed by atoms with E-state index in [0.717, 1.165) is 19.5 Å². The highest BCUT2D eigenvalue weighted by molar-refractivity contribution is 5.82. The lowest BCUT2D eigenvalue weighted by Crippen LogP contribution is -2.62. The van der Waals surface area contributed by atoms with Gasteiger partial charge in [-0.15, -0.1) is 0 Å². The first-order valence-electron chi connectivity index (χ1n) is 6.93. The maximum atomic E-state index is 12.0. The molecule has 0 bridgehead atoms. The molecule has 4 heteroatoms. The Morgan fingerprint density at radius 3 is 2.76 bits per heavy atom. The number of carbonyl (C=O) groups is 1. The van der Waals surface area contributed by atoms with Crippen LogP contribution in [0.2, 0.25) is 0 Å². The third-order valence-corrected chi connectivity index (χ3v) is 4.16. The Balaban J connectivity index is 2.06. The Labute approximate surface area is 104 Å². The first kappa shape index (κ1) is 12.8. The van der Waals surface area contributed by atoms with Crippen LogP contribution < -0.4 is 10.6 Å². The van der Waals surface area contributed by atoms with E-state index in [0.29, 0.717) is 12.1 Å².